The molecule has 0 aromatic carbocycles. The number of rotatable bonds is 2. The van der Waals surface area contributed by atoms with Crippen LogP contribution >= 0.6 is 0 Å². The van der Waals surface area contributed by atoms with Gasteiger partial charge in [0.25, 0.3) is 0 Å². The molecule has 1 radical (unpaired) electrons. The van der Waals surface area contributed by atoms with Gasteiger partial charge in [-0.3, -0.25) is 0 Å². The van der Waals surface area contributed by atoms with E-state index in [1.54, 1.807) is 0 Å². The van der Waals surface area contributed by atoms with E-state index in [9.17, 15) is 0 Å². The predicted octanol–water partition coefficient (Wildman–Crippen LogP) is 1.41. The Hall–Kier alpha value is 0.479. The normalized spacial score (nSPS) is 13.1. The molecule has 2 heteroatoms. The summed E-state index contributed by atoms with van der Waals surface area (Å²) in [7, 11) is 0. The van der Waals surface area contributed by atoms with Gasteiger partial charge in [0.15, 0.2) is 0 Å². The van der Waals surface area contributed by atoms with Gasteiger partial charge < -0.3 is 5.11 Å². The van der Waals surface area contributed by atoms with Gasteiger partial charge >= 0.3 is 0 Å². The Labute approximate surface area is 62.0 Å². The maximum absolute atomic E-state index is 8.72. The van der Waals surface area contributed by atoms with Crippen molar-refractivity contribution in [1.29, 1.82) is 0 Å². The van der Waals surface area contributed by atoms with Crippen molar-refractivity contribution in [3.8, 4) is 0 Å². The van der Waals surface area contributed by atoms with Crippen molar-refractivity contribution in [1.82, 2.24) is 0 Å². The molecule has 0 amide bonds. The van der Waals surface area contributed by atoms with Crippen LogP contribution < -0.4 is 0 Å². The Balaban J connectivity index is 0. The third-order valence-electron chi connectivity index (χ3n) is 0.813. The molecule has 0 fully saturated rings. The van der Waals surface area contributed by atoms with Crippen molar-refractivity contribution < 1.29 is 22.2 Å². The Kier molecular flexibility index (Phi) is 7.93. The Bertz CT molecular complexity index is 37.8. The Morgan fingerprint density at radius 2 is 1.62 bits per heavy atom. The van der Waals surface area contributed by atoms with Gasteiger partial charge in [-0.2, -0.15) is 0 Å². The predicted molar refractivity (Wildman–Crippen MR) is 31.1 cm³/mol. The first-order valence-corrected chi connectivity index (χ1v) is 2.81. The first kappa shape index (κ1) is 11.3. The smallest absolute Gasteiger partial charge is 0.0514 e. The molecule has 1 nitrogen and oxygen atoms in total. The molecule has 1 N–H and O–H groups in total. The van der Waals surface area contributed by atoms with E-state index in [1.807, 2.05) is 6.92 Å². The van der Waals surface area contributed by atoms with E-state index < -0.39 is 0 Å². The van der Waals surface area contributed by atoms with Crippen LogP contribution in [-0.2, 0) is 17.1 Å². The minimum Gasteiger partial charge on any atom is -0.393 e. The molecule has 0 heterocycles. The fourth-order valence-corrected chi connectivity index (χ4v) is 0.682. The van der Waals surface area contributed by atoms with Crippen molar-refractivity contribution in [2.45, 2.75) is 33.3 Å². The average molecular weight is 166 g/mol. The first-order valence-electron chi connectivity index (χ1n) is 2.81. The van der Waals surface area contributed by atoms with Gasteiger partial charge in [0.2, 0.25) is 0 Å². The largest absolute Gasteiger partial charge is 0.393 e. The third kappa shape index (κ3) is 9.70. The zero-order valence-corrected chi connectivity index (χ0v) is 6.55. The molecule has 0 aliphatic heterocycles. The van der Waals surface area contributed by atoms with E-state index in [0.29, 0.717) is 5.92 Å². The van der Waals surface area contributed by atoms with Crippen LogP contribution in [0.1, 0.15) is 27.2 Å². The fourth-order valence-electron chi connectivity index (χ4n) is 0.682. The zero-order chi connectivity index (χ0) is 5.86. The first-order chi connectivity index (χ1) is 3.13. The summed E-state index contributed by atoms with van der Waals surface area (Å²) >= 11 is 0. The number of hydrogen-bond acceptors (Lipinski definition) is 1. The molecule has 0 bridgehead atoms. The quantitative estimate of drug-likeness (QED) is 0.614. The van der Waals surface area contributed by atoms with E-state index in [1.165, 1.54) is 0 Å². The second-order valence-corrected chi connectivity index (χ2v) is 2.48. The molecule has 0 saturated heterocycles. The molecular formula is C6H14CuO. The van der Waals surface area contributed by atoms with Crippen molar-refractivity contribution >= 4 is 0 Å². The van der Waals surface area contributed by atoms with E-state index in [0.717, 1.165) is 6.42 Å². The molecule has 55 valence electrons. The standard InChI is InChI=1S/C6H14O.Cu/c1-5(2)4-6(3)7;/h5-7H,4H2,1-3H3;. The molecule has 0 aromatic heterocycles. The van der Waals surface area contributed by atoms with Crippen LogP contribution in [0.3, 0.4) is 0 Å². The minimum absolute atomic E-state index is 0. The van der Waals surface area contributed by atoms with Crippen molar-refractivity contribution in [2.75, 3.05) is 0 Å². The Morgan fingerprint density at radius 1 is 1.25 bits per heavy atom. The van der Waals surface area contributed by atoms with Crippen molar-refractivity contribution in [2.24, 2.45) is 5.92 Å². The van der Waals surface area contributed by atoms with Crippen LogP contribution in [0.15, 0.2) is 0 Å². The van der Waals surface area contributed by atoms with Gasteiger partial charge in [0.05, 0.1) is 6.10 Å². The molecule has 0 aliphatic carbocycles. The zero-order valence-electron chi connectivity index (χ0n) is 5.61. The van der Waals surface area contributed by atoms with E-state index in [-0.39, 0.29) is 23.2 Å². The van der Waals surface area contributed by atoms with Crippen LogP contribution in [0.25, 0.3) is 0 Å². The number of hydrogen-bond donors (Lipinski definition) is 1. The molecule has 1 unspecified atom stereocenters. The third-order valence-corrected chi connectivity index (χ3v) is 0.813. The molecule has 0 spiro atoms. The Morgan fingerprint density at radius 3 is 1.62 bits per heavy atom. The topological polar surface area (TPSA) is 20.2 Å². The van der Waals surface area contributed by atoms with Crippen LogP contribution in [-0.4, -0.2) is 11.2 Å². The van der Waals surface area contributed by atoms with E-state index in [2.05, 4.69) is 13.8 Å². The summed E-state index contributed by atoms with van der Waals surface area (Å²) in [6, 6.07) is 0. The summed E-state index contributed by atoms with van der Waals surface area (Å²) in [5.41, 5.74) is 0. The van der Waals surface area contributed by atoms with Gasteiger partial charge in [-0.25, -0.2) is 0 Å². The van der Waals surface area contributed by atoms with Gasteiger partial charge in [-0.15, -0.1) is 0 Å². The molecular weight excluding hydrogens is 152 g/mol. The van der Waals surface area contributed by atoms with Gasteiger partial charge in [0, 0.05) is 17.1 Å². The fraction of sp³-hybridized carbons (Fsp3) is 1.00. The monoisotopic (exact) mass is 165 g/mol. The maximum Gasteiger partial charge on any atom is 0.0514 e. The SMILES string of the molecule is CC(C)CC(C)O.[Cu]. The van der Waals surface area contributed by atoms with Crippen LogP contribution in [0.5, 0.6) is 0 Å². The second-order valence-electron chi connectivity index (χ2n) is 2.48. The number of aliphatic hydroxyl groups is 1. The minimum atomic E-state index is -0.125. The summed E-state index contributed by atoms with van der Waals surface area (Å²) in [5.74, 6) is 0.625. The maximum atomic E-state index is 8.72. The summed E-state index contributed by atoms with van der Waals surface area (Å²) in [5, 5.41) is 8.72. The average Bonchev–Trinajstić information content (AvgIpc) is 1.27. The molecule has 0 aliphatic rings. The molecule has 0 rings (SSSR count). The van der Waals surface area contributed by atoms with E-state index in [4.69, 9.17) is 5.11 Å². The summed E-state index contributed by atoms with van der Waals surface area (Å²) in [4.78, 5) is 0. The summed E-state index contributed by atoms with van der Waals surface area (Å²) in [6.07, 6.45) is 0.792. The van der Waals surface area contributed by atoms with Crippen molar-refractivity contribution in [3.63, 3.8) is 0 Å². The van der Waals surface area contributed by atoms with Crippen LogP contribution in [0.4, 0.5) is 0 Å². The van der Waals surface area contributed by atoms with Crippen LogP contribution in [0, 0.1) is 5.92 Å². The van der Waals surface area contributed by atoms with Gasteiger partial charge in [-0.05, 0) is 19.3 Å². The molecule has 8 heavy (non-hydrogen) atoms. The molecule has 1 atom stereocenters. The summed E-state index contributed by atoms with van der Waals surface area (Å²) < 4.78 is 0. The summed E-state index contributed by atoms with van der Waals surface area (Å²) in [6.45, 7) is 6.03. The van der Waals surface area contributed by atoms with Crippen molar-refractivity contribution in [3.05, 3.63) is 0 Å². The number of aliphatic hydroxyl groups excluding tert-OH is 1. The van der Waals surface area contributed by atoms with Gasteiger partial charge in [0.1, 0.15) is 0 Å². The van der Waals surface area contributed by atoms with Gasteiger partial charge in [-0.1, -0.05) is 13.8 Å². The van der Waals surface area contributed by atoms with Crippen LogP contribution in [0.2, 0.25) is 0 Å². The second kappa shape index (κ2) is 5.61. The molecule has 0 saturated carbocycles. The molecule has 0 aromatic rings. The van der Waals surface area contributed by atoms with E-state index >= 15 is 0 Å².